The molecule has 0 bridgehead atoms. The summed E-state index contributed by atoms with van der Waals surface area (Å²) in [5.41, 5.74) is 1.11. The van der Waals surface area contributed by atoms with Crippen LogP contribution in [0.15, 0.2) is 15.2 Å². The molecule has 0 amide bonds. The normalized spacial score (nSPS) is 34.0. The Bertz CT molecular complexity index is 415. The second kappa shape index (κ2) is 5.44. The highest BCUT2D eigenvalue weighted by molar-refractivity contribution is 9.11. The van der Waals surface area contributed by atoms with E-state index in [1.165, 1.54) is 5.75 Å². The van der Waals surface area contributed by atoms with Gasteiger partial charge in [-0.2, -0.15) is 11.8 Å². The van der Waals surface area contributed by atoms with Crippen LogP contribution in [0.1, 0.15) is 30.9 Å². The molecule has 3 heterocycles. The lowest BCUT2D eigenvalue weighted by atomic mass is 9.81. The highest BCUT2D eigenvalue weighted by atomic mass is 79.9. The van der Waals surface area contributed by atoms with Gasteiger partial charge in [-0.3, -0.25) is 0 Å². The van der Waals surface area contributed by atoms with Crippen LogP contribution in [0.5, 0.6) is 0 Å². The van der Waals surface area contributed by atoms with E-state index in [1.54, 1.807) is 11.3 Å². The zero-order valence-electron chi connectivity index (χ0n) is 10.1. The van der Waals surface area contributed by atoms with E-state index in [-0.39, 0.29) is 11.7 Å². The highest BCUT2D eigenvalue weighted by Gasteiger charge is 2.42. The SMILES string of the molecule is OC(c1csc(Br)c1)C1CCOC2(CCSC2)C1. The van der Waals surface area contributed by atoms with Crippen LogP contribution in [-0.2, 0) is 4.74 Å². The smallest absolute Gasteiger partial charge is 0.0828 e. The predicted molar refractivity (Wildman–Crippen MR) is 80.3 cm³/mol. The van der Waals surface area contributed by atoms with Gasteiger partial charge in [0.2, 0.25) is 0 Å². The highest BCUT2D eigenvalue weighted by Crippen LogP contribution is 2.44. The average molecular weight is 349 g/mol. The Kier molecular flexibility index (Phi) is 4.06. The van der Waals surface area contributed by atoms with E-state index in [9.17, 15) is 5.11 Å². The van der Waals surface area contributed by atoms with Crippen LogP contribution in [0, 0.1) is 5.92 Å². The number of halogens is 1. The number of thioether (sulfide) groups is 1. The van der Waals surface area contributed by atoms with Gasteiger partial charge < -0.3 is 9.84 Å². The summed E-state index contributed by atoms with van der Waals surface area (Å²) in [6, 6.07) is 2.04. The van der Waals surface area contributed by atoms with E-state index in [0.717, 1.165) is 41.0 Å². The van der Waals surface area contributed by atoms with Crippen molar-refractivity contribution in [3.8, 4) is 0 Å². The predicted octanol–water partition coefficient (Wildman–Crippen LogP) is 3.85. The third-order valence-electron chi connectivity index (χ3n) is 3.97. The van der Waals surface area contributed by atoms with Crippen LogP contribution in [-0.4, -0.2) is 28.8 Å². The van der Waals surface area contributed by atoms with Crippen molar-refractivity contribution in [3.63, 3.8) is 0 Å². The number of hydrogen-bond donors (Lipinski definition) is 1. The molecule has 0 aromatic carbocycles. The lowest BCUT2D eigenvalue weighted by Crippen LogP contribution is -2.41. The first kappa shape index (κ1) is 13.4. The van der Waals surface area contributed by atoms with E-state index in [2.05, 4.69) is 21.3 Å². The van der Waals surface area contributed by atoms with Gasteiger partial charge >= 0.3 is 0 Å². The molecular formula is C13H17BrO2S2. The summed E-state index contributed by atoms with van der Waals surface area (Å²) >= 11 is 7.09. The third-order valence-corrected chi connectivity index (χ3v) is 6.72. The van der Waals surface area contributed by atoms with Crippen LogP contribution in [0.3, 0.4) is 0 Å². The lowest BCUT2D eigenvalue weighted by molar-refractivity contribution is -0.102. The zero-order valence-corrected chi connectivity index (χ0v) is 13.3. The molecule has 2 nitrogen and oxygen atoms in total. The minimum Gasteiger partial charge on any atom is -0.388 e. The maximum Gasteiger partial charge on any atom is 0.0828 e. The number of rotatable bonds is 2. The molecule has 0 radical (unpaired) electrons. The molecule has 18 heavy (non-hydrogen) atoms. The molecule has 1 N–H and O–H groups in total. The average Bonchev–Trinajstić information content (AvgIpc) is 2.98. The van der Waals surface area contributed by atoms with E-state index in [4.69, 9.17) is 4.74 Å². The summed E-state index contributed by atoms with van der Waals surface area (Å²) in [4.78, 5) is 0. The fourth-order valence-corrected chi connectivity index (χ4v) is 5.53. The zero-order chi connectivity index (χ0) is 12.6. The molecule has 1 spiro atoms. The fourth-order valence-electron chi connectivity index (χ4n) is 2.95. The van der Waals surface area contributed by atoms with Gasteiger partial charge in [0.05, 0.1) is 15.5 Å². The summed E-state index contributed by atoms with van der Waals surface area (Å²) in [6.45, 7) is 0.799. The molecule has 2 aliphatic rings. The van der Waals surface area contributed by atoms with E-state index in [0.29, 0.717) is 5.92 Å². The Labute approximate surface area is 124 Å². The summed E-state index contributed by atoms with van der Waals surface area (Å²) in [6.07, 6.45) is 2.79. The molecule has 3 unspecified atom stereocenters. The van der Waals surface area contributed by atoms with Gasteiger partial charge in [-0.1, -0.05) is 0 Å². The van der Waals surface area contributed by atoms with Gasteiger partial charge in [-0.05, 0) is 63.9 Å². The molecule has 100 valence electrons. The van der Waals surface area contributed by atoms with Crippen LogP contribution in [0.2, 0.25) is 0 Å². The molecule has 2 aliphatic heterocycles. The molecular weight excluding hydrogens is 332 g/mol. The number of hydrogen-bond acceptors (Lipinski definition) is 4. The van der Waals surface area contributed by atoms with Crippen molar-refractivity contribution in [1.29, 1.82) is 0 Å². The van der Waals surface area contributed by atoms with E-state index >= 15 is 0 Å². The Morgan fingerprint density at radius 1 is 1.56 bits per heavy atom. The molecule has 1 aromatic rings. The van der Waals surface area contributed by atoms with E-state index in [1.807, 2.05) is 17.8 Å². The first-order chi connectivity index (χ1) is 8.69. The summed E-state index contributed by atoms with van der Waals surface area (Å²) < 4.78 is 7.10. The molecule has 5 heteroatoms. The summed E-state index contributed by atoms with van der Waals surface area (Å²) in [5, 5.41) is 12.6. The van der Waals surface area contributed by atoms with Crippen LogP contribution in [0.25, 0.3) is 0 Å². The first-order valence-corrected chi connectivity index (χ1v) is 9.15. The number of ether oxygens (including phenoxy) is 1. The topological polar surface area (TPSA) is 29.5 Å². The number of aliphatic hydroxyl groups excluding tert-OH is 1. The molecule has 0 aliphatic carbocycles. The van der Waals surface area contributed by atoms with Crippen LogP contribution in [0.4, 0.5) is 0 Å². The molecule has 3 rings (SSSR count). The molecule has 3 atom stereocenters. The van der Waals surface area contributed by atoms with Crippen LogP contribution >= 0.6 is 39.0 Å². The third kappa shape index (κ3) is 2.66. The molecule has 0 saturated carbocycles. The van der Waals surface area contributed by atoms with Crippen molar-refractivity contribution in [2.45, 2.75) is 31.0 Å². The molecule has 1 aromatic heterocycles. The van der Waals surface area contributed by atoms with Gasteiger partial charge in [-0.25, -0.2) is 0 Å². The first-order valence-electron chi connectivity index (χ1n) is 6.32. The van der Waals surface area contributed by atoms with Crippen LogP contribution < -0.4 is 0 Å². The van der Waals surface area contributed by atoms with Crippen molar-refractivity contribution >= 4 is 39.0 Å². The maximum atomic E-state index is 10.5. The fraction of sp³-hybridized carbons (Fsp3) is 0.692. The Morgan fingerprint density at radius 2 is 2.44 bits per heavy atom. The van der Waals surface area contributed by atoms with Crippen molar-refractivity contribution in [1.82, 2.24) is 0 Å². The molecule has 2 fully saturated rings. The quantitative estimate of drug-likeness (QED) is 0.880. The molecule has 2 saturated heterocycles. The van der Waals surface area contributed by atoms with Gasteiger partial charge in [0.15, 0.2) is 0 Å². The maximum absolute atomic E-state index is 10.5. The van der Waals surface area contributed by atoms with Crippen molar-refractivity contribution in [3.05, 3.63) is 20.8 Å². The minimum atomic E-state index is -0.334. The largest absolute Gasteiger partial charge is 0.388 e. The van der Waals surface area contributed by atoms with Crippen molar-refractivity contribution < 1.29 is 9.84 Å². The Balaban J connectivity index is 1.72. The van der Waals surface area contributed by atoms with Gasteiger partial charge in [-0.15, -0.1) is 11.3 Å². The van der Waals surface area contributed by atoms with Gasteiger partial charge in [0.25, 0.3) is 0 Å². The summed E-state index contributed by atoms with van der Waals surface area (Å²) in [7, 11) is 0. The Morgan fingerprint density at radius 3 is 3.11 bits per heavy atom. The van der Waals surface area contributed by atoms with Gasteiger partial charge in [0.1, 0.15) is 0 Å². The monoisotopic (exact) mass is 348 g/mol. The van der Waals surface area contributed by atoms with Crippen molar-refractivity contribution in [2.75, 3.05) is 18.1 Å². The number of thiophene rings is 1. The van der Waals surface area contributed by atoms with Gasteiger partial charge in [0, 0.05) is 12.4 Å². The van der Waals surface area contributed by atoms with Crippen molar-refractivity contribution in [2.24, 2.45) is 5.92 Å². The standard InChI is InChI=1S/C13H17BrO2S2/c14-11-5-10(7-18-11)12(15)9-1-3-16-13(6-9)2-4-17-8-13/h5,7,9,12,15H,1-4,6,8H2. The minimum absolute atomic E-state index is 0.0574. The van der Waals surface area contributed by atoms with E-state index < -0.39 is 0 Å². The second-order valence-corrected chi connectivity index (χ2v) is 8.61. The lowest BCUT2D eigenvalue weighted by Gasteiger charge is -2.39. The Hall–Kier alpha value is 0.450. The second-order valence-electron chi connectivity index (χ2n) is 5.22. The number of aliphatic hydroxyl groups is 1. The summed E-state index contributed by atoms with van der Waals surface area (Å²) in [5.74, 6) is 2.65.